The topological polar surface area (TPSA) is 62.6 Å². The number of sulfonamides is 1. The zero-order chi connectivity index (χ0) is 18.9. The maximum absolute atomic E-state index is 12.5. The molecule has 0 amide bonds. The first-order chi connectivity index (χ1) is 12.3. The first kappa shape index (κ1) is 19.1. The summed E-state index contributed by atoms with van der Waals surface area (Å²) in [6.45, 7) is 7.29. The Balaban J connectivity index is 1.54. The second-order valence-electron chi connectivity index (χ2n) is 7.49. The van der Waals surface area contributed by atoms with Crippen LogP contribution in [0.25, 0.3) is 0 Å². The third-order valence-electron chi connectivity index (χ3n) is 5.11. The summed E-state index contributed by atoms with van der Waals surface area (Å²) >= 11 is 0. The summed E-state index contributed by atoms with van der Waals surface area (Å²) in [6, 6.07) is 11.1. The number of hydrogen-bond acceptors (Lipinski definition) is 4. The van der Waals surface area contributed by atoms with Crippen LogP contribution in [0.1, 0.15) is 50.2 Å². The van der Waals surface area contributed by atoms with Gasteiger partial charge in [-0.2, -0.15) is 4.31 Å². The monoisotopic (exact) mass is 376 g/mol. The van der Waals surface area contributed by atoms with Crippen LogP contribution in [-0.4, -0.2) is 25.8 Å². The highest BCUT2D eigenvalue weighted by molar-refractivity contribution is 7.89. The van der Waals surface area contributed by atoms with Gasteiger partial charge in [0.2, 0.25) is 10.0 Å². The molecular weight excluding hydrogens is 348 g/mol. The molecule has 6 heteroatoms. The number of benzene rings is 1. The number of nitrogens with one attached hydrogen (secondary N) is 1. The summed E-state index contributed by atoms with van der Waals surface area (Å²) in [5.41, 5.74) is 1.04. The van der Waals surface area contributed by atoms with Gasteiger partial charge >= 0.3 is 0 Å². The van der Waals surface area contributed by atoms with Gasteiger partial charge in [0.05, 0.1) is 11.4 Å². The van der Waals surface area contributed by atoms with Crippen LogP contribution in [0.5, 0.6) is 0 Å². The lowest BCUT2D eigenvalue weighted by Gasteiger charge is -2.21. The van der Waals surface area contributed by atoms with Crippen LogP contribution in [-0.2, 0) is 23.1 Å². The SMILES string of the molecule is CC1CC1c1ccc(CNCc2ccc(S(=O)(=O)N(C)C(C)C)cc2)o1. The minimum absolute atomic E-state index is 0.0712. The van der Waals surface area contributed by atoms with Crippen molar-refractivity contribution in [2.45, 2.75) is 57.1 Å². The molecule has 1 heterocycles. The maximum atomic E-state index is 12.5. The minimum Gasteiger partial charge on any atom is -0.464 e. The molecule has 5 nitrogen and oxygen atoms in total. The van der Waals surface area contributed by atoms with Crippen molar-refractivity contribution in [2.24, 2.45) is 5.92 Å². The molecule has 1 aromatic heterocycles. The van der Waals surface area contributed by atoms with E-state index in [0.717, 1.165) is 23.0 Å². The van der Waals surface area contributed by atoms with Crippen molar-refractivity contribution >= 4 is 10.0 Å². The van der Waals surface area contributed by atoms with Gasteiger partial charge in [-0.3, -0.25) is 0 Å². The lowest BCUT2D eigenvalue weighted by atomic mass is 10.2. The molecule has 2 atom stereocenters. The molecule has 0 spiro atoms. The third kappa shape index (κ3) is 4.19. The van der Waals surface area contributed by atoms with E-state index in [1.165, 1.54) is 10.7 Å². The van der Waals surface area contributed by atoms with Crippen molar-refractivity contribution in [3.63, 3.8) is 0 Å². The fourth-order valence-corrected chi connectivity index (χ4v) is 4.33. The normalized spacial score (nSPS) is 20.1. The fourth-order valence-electron chi connectivity index (χ4n) is 2.96. The molecular formula is C20H28N2O3S. The Kier molecular flexibility index (Phi) is 5.55. The predicted octanol–water partition coefficient (Wildman–Crippen LogP) is 3.72. The molecule has 0 bridgehead atoms. The van der Waals surface area contributed by atoms with Crippen molar-refractivity contribution in [3.8, 4) is 0 Å². The maximum Gasteiger partial charge on any atom is 0.243 e. The van der Waals surface area contributed by atoms with Crippen LogP contribution < -0.4 is 5.32 Å². The highest BCUT2D eigenvalue weighted by Crippen LogP contribution is 2.47. The average Bonchev–Trinajstić information content (AvgIpc) is 3.15. The molecule has 26 heavy (non-hydrogen) atoms. The zero-order valence-electron chi connectivity index (χ0n) is 15.9. The van der Waals surface area contributed by atoms with Gasteiger partial charge in [-0.25, -0.2) is 8.42 Å². The van der Waals surface area contributed by atoms with E-state index in [-0.39, 0.29) is 6.04 Å². The first-order valence-corrected chi connectivity index (χ1v) is 10.6. The quantitative estimate of drug-likeness (QED) is 0.763. The lowest BCUT2D eigenvalue weighted by molar-refractivity contribution is 0.410. The van der Waals surface area contributed by atoms with E-state index < -0.39 is 10.0 Å². The van der Waals surface area contributed by atoms with Gasteiger partial charge in [0, 0.05) is 25.6 Å². The molecule has 1 aliphatic rings. The van der Waals surface area contributed by atoms with Crippen molar-refractivity contribution in [2.75, 3.05) is 7.05 Å². The average molecular weight is 377 g/mol. The number of furan rings is 1. The summed E-state index contributed by atoms with van der Waals surface area (Å²) < 4.78 is 32.2. The second-order valence-corrected chi connectivity index (χ2v) is 9.48. The Hall–Kier alpha value is -1.63. The molecule has 142 valence electrons. The summed E-state index contributed by atoms with van der Waals surface area (Å²) in [5, 5.41) is 3.35. The van der Waals surface area contributed by atoms with E-state index >= 15 is 0 Å². The van der Waals surface area contributed by atoms with E-state index in [4.69, 9.17) is 4.42 Å². The smallest absolute Gasteiger partial charge is 0.243 e. The Bertz CT molecular complexity index is 840. The summed E-state index contributed by atoms with van der Waals surface area (Å²) in [6.07, 6.45) is 1.22. The molecule has 3 rings (SSSR count). The minimum atomic E-state index is -3.42. The fraction of sp³-hybridized carbons (Fsp3) is 0.500. The summed E-state index contributed by atoms with van der Waals surface area (Å²) in [4.78, 5) is 0.326. The number of rotatable bonds is 8. The highest BCUT2D eigenvalue weighted by atomic mass is 32.2. The van der Waals surface area contributed by atoms with Crippen LogP contribution in [0.2, 0.25) is 0 Å². The van der Waals surface area contributed by atoms with E-state index in [1.54, 1.807) is 19.2 Å². The lowest BCUT2D eigenvalue weighted by Crippen LogP contribution is -2.33. The summed E-state index contributed by atoms with van der Waals surface area (Å²) in [5.74, 6) is 3.38. The van der Waals surface area contributed by atoms with Crippen molar-refractivity contribution in [1.29, 1.82) is 0 Å². The molecule has 0 radical (unpaired) electrons. The van der Waals surface area contributed by atoms with Gasteiger partial charge in [0.15, 0.2) is 0 Å². The Morgan fingerprint density at radius 2 is 1.81 bits per heavy atom. The molecule has 1 saturated carbocycles. The van der Waals surface area contributed by atoms with Gasteiger partial charge < -0.3 is 9.73 Å². The molecule has 1 fully saturated rings. The van der Waals surface area contributed by atoms with Crippen molar-refractivity contribution in [3.05, 3.63) is 53.5 Å². The third-order valence-corrected chi connectivity index (χ3v) is 7.16. The molecule has 1 aliphatic carbocycles. The van der Waals surface area contributed by atoms with Crippen LogP contribution in [0.4, 0.5) is 0 Å². The highest BCUT2D eigenvalue weighted by Gasteiger charge is 2.36. The first-order valence-electron chi connectivity index (χ1n) is 9.15. The van der Waals surface area contributed by atoms with E-state index in [0.29, 0.717) is 23.9 Å². The molecule has 2 unspecified atom stereocenters. The molecule has 0 saturated heterocycles. The Morgan fingerprint density at radius 1 is 1.15 bits per heavy atom. The van der Waals surface area contributed by atoms with Gasteiger partial charge in [-0.1, -0.05) is 19.1 Å². The van der Waals surface area contributed by atoms with Crippen LogP contribution in [0, 0.1) is 5.92 Å². The Morgan fingerprint density at radius 3 is 2.38 bits per heavy atom. The van der Waals surface area contributed by atoms with Crippen LogP contribution in [0.3, 0.4) is 0 Å². The zero-order valence-corrected chi connectivity index (χ0v) is 16.7. The van der Waals surface area contributed by atoms with Gasteiger partial charge in [0.25, 0.3) is 0 Å². The van der Waals surface area contributed by atoms with E-state index in [2.05, 4.69) is 18.3 Å². The van der Waals surface area contributed by atoms with Crippen LogP contribution in [0.15, 0.2) is 45.7 Å². The van der Waals surface area contributed by atoms with Crippen molar-refractivity contribution in [1.82, 2.24) is 9.62 Å². The van der Waals surface area contributed by atoms with E-state index in [1.807, 2.05) is 32.0 Å². The molecule has 1 N–H and O–H groups in total. The molecule has 1 aromatic carbocycles. The van der Waals surface area contributed by atoms with Gasteiger partial charge in [0.1, 0.15) is 11.5 Å². The van der Waals surface area contributed by atoms with E-state index in [9.17, 15) is 8.42 Å². The van der Waals surface area contributed by atoms with Gasteiger partial charge in [-0.05, 0) is 56.0 Å². The van der Waals surface area contributed by atoms with Crippen molar-refractivity contribution < 1.29 is 12.8 Å². The second kappa shape index (κ2) is 7.55. The molecule has 0 aliphatic heterocycles. The number of nitrogens with zero attached hydrogens (tertiary/aromatic N) is 1. The molecule has 2 aromatic rings. The standard InChI is InChI=1S/C20H28N2O3S/c1-14(2)22(4)26(23,24)18-8-5-16(6-9-18)12-21-13-17-7-10-20(25-17)19-11-15(19)3/h5-10,14-15,19,21H,11-13H2,1-4H3. The summed E-state index contributed by atoms with van der Waals surface area (Å²) in [7, 11) is -1.82. The van der Waals surface area contributed by atoms with Crippen LogP contribution >= 0.6 is 0 Å². The Labute approximate surface area is 156 Å². The number of hydrogen-bond donors (Lipinski definition) is 1. The predicted molar refractivity (Wildman–Crippen MR) is 102 cm³/mol. The van der Waals surface area contributed by atoms with Gasteiger partial charge in [-0.15, -0.1) is 0 Å². The largest absolute Gasteiger partial charge is 0.464 e.